The van der Waals surface area contributed by atoms with Crippen LogP contribution in [0.4, 0.5) is 0 Å². The number of benzene rings is 1. The van der Waals surface area contributed by atoms with Crippen LogP contribution in [0.25, 0.3) is 0 Å². The van der Waals surface area contributed by atoms with E-state index in [1.807, 2.05) is 17.5 Å². The average Bonchev–Trinajstić information content (AvgIpc) is 3.51. The number of hydrogen-bond donors (Lipinski definition) is 1. The van der Waals surface area contributed by atoms with Gasteiger partial charge in [-0.25, -0.2) is 21.6 Å². The average molecular weight is 485 g/mol. The molecule has 2 fully saturated rings. The fourth-order valence-corrected chi connectivity index (χ4v) is 7.67. The van der Waals surface area contributed by atoms with Gasteiger partial charge in [-0.15, -0.1) is 11.3 Å². The molecule has 2 aliphatic rings. The molecule has 4 rings (SSSR count). The van der Waals surface area contributed by atoms with Crippen LogP contribution in [-0.2, 0) is 31.3 Å². The van der Waals surface area contributed by atoms with Crippen molar-refractivity contribution in [3.8, 4) is 0 Å². The molecule has 1 saturated carbocycles. The van der Waals surface area contributed by atoms with E-state index in [9.17, 15) is 16.8 Å². The highest BCUT2D eigenvalue weighted by Gasteiger charge is 2.30. The molecule has 170 valence electrons. The van der Waals surface area contributed by atoms with Crippen molar-refractivity contribution in [3.05, 3.63) is 46.7 Å². The van der Waals surface area contributed by atoms with Gasteiger partial charge in [-0.05, 0) is 61.4 Å². The van der Waals surface area contributed by atoms with Crippen LogP contribution in [0.2, 0.25) is 0 Å². The van der Waals surface area contributed by atoms with Crippen LogP contribution in [0.1, 0.15) is 43.4 Å². The summed E-state index contributed by atoms with van der Waals surface area (Å²) >= 11 is 1.51. The Labute approximate surface area is 188 Å². The van der Waals surface area contributed by atoms with Crippen molar-refractivity contribution in [2.45, 2.75) is 67.0 Å². The lowest BCUT2D eigenvalue weighted by Gasteiger charge is -2.24. The van der Waals surface area contributed by atoms with Crippen LogP contribution in [0, 0.1) is 0 Å². The van der Waals surface area contributed by atoms with Crippen LogP contribution in [0.5, 0.6) is 0 Å². The van der Waals surface area contributed by atoms with E-state index in [0.717, 1.165) is 43.4 Å². The number of hydrogen-bond acceptors (Lipinski definition) is 6. The van der Waals surface area contributed by atoms with Crippen molar-refractivity contribution in [2.75, 3.05) is 13.2 Å². The maximum Gasteiger partial charge on any atom is 0.243 e. The standard InChI is InChI=1S/C21H28N2O5S3/c24-30(25,22-17-5-1-2-6-17)20-9-11-21(12-10-20)31(26,27)23(15-18-7-3-13-28-18)16-19-8-4-14-29-19/h4,8-12,14,17-18,22H,1-3,5-7,13,15-16H2/t18-/m0/s1. The van der Waals surface area contributed by atoms with Gasteiger partial charge in [-0.1, -0.05) is 18.9 Å². The van der Waals surface area contributed by atoms with Crippen molar-refractivity contribution < 1.29 is 21.6 Å². The normalized spacial score (nSPS) is 20.6. The summed E-state index contributed by atoms with van der Waals surface area (Å²) < 4.78 is 61.9. The smallest absolute Gasteiger partial charge is 0.243 e. The molecule has 2 heterocycles. The lowest BCUT2D eigenvalue weighted by Crippen LogP contribution is -2.36. The molecule has 0 bridgehead atoms. The third-order valence-corrected chi connectivity index (χ3v) is 10.0. The Morgan fingerprint density at radius 2 is 1.68 bits per heavy atom. The van der Waals surface area contributed by atoms with Crippen LogP contribution < -0.4 is 4.72 Å². The van der Waals surface area contributed by atoms with Crippen molar-refractivity contribution in [2.24, 2.45) is 0 Å². The largest absolute Gasteiger partial charge is 0.377 e. The molecule has 1 aromatic heterocycles. The summed E-state index contributed by atoms with van der Waals surface area (Å²) in [4.78, 5) is 1.12. The lowest BCUT2D eigenvalue weighted by atomic mass is 10.2. The van der Waals surface area contributed by atoms with Gasteiger partial charge in [-0.3, -0.25) is 0 Å². The summed E-state index contributed by atoms with van der Waals surface area (Å²) in [5.74, 6) is 0. The number of nitrogens with one attached hydrogen (secondary N) is 1. The predicted molar refractivity (Wildman–Crippen MR) is 120 cm³/mol. The Balaban J connectivity index is 1.54. The SMILES string of the molecule is O=S(=O)(NC1CCCC1)c1ccc(S(=O)(=O)N(Cc2cccs2)C[C@@H]2CCCO2)cc1. The second-order valence-electron chi connectivity index (χ2n) is 8.09. The maximum absolute atomic E-state index is 13.4. The fourth-order valence-electron chi connectivity index (χ4n) is 4.11. The number of thiophene rings is 1. The first-order chi connectivity index (χ1) is 14.8. The van der Waals surface area contributed by atoms with E-state index >= 15 is 0 Å². The molecule has 1 saturated heterocycles. The predicted octanol–water partition coefficient (Wildman–Crippen LogP) is 3.34. The summed E-state index contributed by atoms with van der Waals surface area (Å²) in [5.41, 5.74) is 0. The number of ether oxygens (including phenoxy) is 1. The minimum absolute atomic E-state index is 0.0406. The van der Waals surface area contributed by atoms with Gasteiger partial charge in [0, 0.05) is 30.6 Å². The van der Waals surface area contributed by atoms with Crippen molar-refractivity contribution in [3.63, 3.8) is 0 Å². The second kappa shape index (κ2) is 9.68. The number of sulfonamides is 2. The van der Waals surface area contributed by atoms with Gasteiger partial charge >= 0.3 is 0 Å². The van der Waals surface area contributed by atoms with Crippen molar-refractivity contribution >= 4 is 31.4 Å². The van der Waals surface area contributed by atoms with E-state index in [2.05, 4.69) is 4.72 Å². The molecule has 0 spiro atoms. The zero-order valence-corrected chi connectivity index (χ0v) is 19.7. The van der Waals surface area contributed by atoms with Gasteiger partial charge in [0.25, 0.3) is 0 Å². The molecule has 1 aliphatic heterocycles. The fraction of sp³-hybridized carbons (Fsp3) is 0.524. The van der Waals surface area contributed by atoms with E-state index in [1.54, 1.807) is 0 Å². The molecule has 1 aliphatic carbocycles. The molecule has 1 aromatic carbocycles. The van der Waals surface area contributed by atoms with Crippen molar-refractivity contribution in [1.29, 1.82) is 0 Å². The summed E-state index contributed by atoms with van der Waals surface area (Å²) in [5, 5.41) is 1.92. The van der Waals surface area contributed by atoms with Gasteiger partial charge in [0.1, 0.15) is 0 Å². The highest BCUT2D eigenvalue weighted by Crippen LogP contribution is 2.25. The Morgan fingerprint density at radius 1 is 0.968 bits per heavy atom. The van der Waals surface area contributed by atoms with Gasteiger partial charge in [-0.2, -0.15) is 4.31 Å². The number of rotatable bonds is 9. The molecule has 10 heteroatoms. The molecule has 1 N–H and O–H groups in total. The summed E-state index contributed by atoms with van der Waals surface area (Å²) in [6.07, 6.45) is 5.37. The van der Waals surface area contributed by atoms with E-state index in [-0.39, 0.29) is 35.0 Å². The van der Waals surface area contributed by atoms with Crippen molar-refractivity contribution in [1.82, 2.24) is 9.03 Å². The molecule has 0 amide bonds. The Bertz CT molecular complexity index is 1050. The maximum atomic E-state index is 13.4. The third-order valence-electron chi connectivity index (χ3n) is 5.79. The van der Waals surface area contributed by atoms with Gasteiger partial charge < -0.3 is 4.74 Å². The molecule has 0 unspecified atom stereocenters. The van der Waals surface area contributed by atoms with E-state index in [4.69, 9.17) is 4.74 Å². The molecular weight excluding hydrogens is 456 g/mol. The Morgan fingerprint density at radius 3 is 2.29 bits per heavy atom. The highest BCUT2D eigenvalue weighted by molar-refractivity contribution is 7.89. The quantitative estimate of drug-likeness (QED) is 0.589. The van der Waals surface area contributed by atoms with Crippen LogP contribution in [0.15, 0.2) is 51.6 Å². The van der Waals surface area contributed by atoms with Gasteiger partial charge in [0.15, 0.2) is 0 Å². The third kappa shape index (κ3) is 5.55. The van der Waals surface area contributed by atoms with Crippen LogP contribution >= 0.6 is 11.3 Å². The first-order valence-corrected chi connectivity index (χ1v) is 14.4. The first kappa shape index (κ1) is 22.9. The molecule has 1 atom stereocenters. The van der Waals surface area contributed by atoms with E-state index in [1.165, 1.54) is 39.9 Å². The first-order valence-electron chi connectivity index (χ1n) is 10.6. The Hall–Kier alpha value is -1.30. The Kier molecular flexibility index (Phi) is 7.14. The van der Waals surface area contributed by atoms with Crippen LogP contribution in [0.3, 0.4) is 0 Å². The van der Waals surface area contributed by atoms with Crippen LogP contribution in [-0.4, -0.2) is 46.4 Å². The summed E-state index contributed by atoms with van der Waals surface area (Å²) in [7, 11) is -7.47. The van der Waals surface area contributed by atoms with Gasteiger partial charge in [0.2, 0.25) is 20.0 Å². The topological polar surface area (TPSA) is 92.8 Å². The minimum Gasteiger partial charge on any atom is -0.377 e. The minimum atomic E-state index is -3.80. The zero-order valence-electron chi connectivity index (χ0n) is 17.3. The molecule has 0 radical (unpaired) electrons. The monoisotopic (exact) mass is 484 g/mol. The molecule has 2 aromatic rings. The zero-order chi connectivity index (χ0) is 21.9. The second-order valence-corrected chi connectivity index (χ2v) is 12.8. The lowest BCUT2D eigenvalue weighted by molar-refractivity contribution is 0.0927. The van der Waals surface area contributed by atoms with E-state index in [0.29, 0.717) is 6.61 Å². The number of nitrogens with zero attached hydrogens (tertiary/aromatic N) is 1. The van der Waals surface area contributed by atoms with Gasteiger partial charge in [0.05, 0.1) is 15.9 Å². The highest BCUT2D eigenvalue weighted by atomic mass is 32.2. The molecule has 31 heavy (non-hydrogen) atoms. The summed E-state index contributed by atoms with van der Waals surface area (Å²) in [6, 6.07) is 9.28. The molecule has 7 nitrogen and oxygen atoms in total. The van der Waals surface area contributed by atoms with E-state index < -0.39 is 20.0 Å². The summed E-state index contributed by atoms with van der Waals surface area (Å²) in [6.45, 7) is 1.20. The molecular formula is C21H28N2O5S3.